The molecular formula is C23H30N4O2. The van der Waals surface area contributed by atoms with E-state index < -0.39 is 0 Å². The highest BCUT2D eigenvalue weighted by atomic mass is 16.4. The molecule has 0 spiro atoms. The number of likely N-dealkylation sites (tertiary alicyclic amines) is 2. The largest absolute Gasteiger partial charge is 0.443 e. The minimum Gasteiger partial charge on any atom is -0.443 e. The van der Waals surface area contributed by atoms with Gasteiger partial charge >= 0.3 is 0 Å². The Morgan fingerprint density at radius 3 is 2.62 bits per heavy atom. The molecule has 0 saturated carbocycles. The molecule has 154 valence electrons. The molecule has 2 aromatic rings. The Morgan fingerprint density at radius 2 is 1.93 bits per heavy atom. The average molecular weight is 395 g/mol. The number of aromatic nitrogens is 1. The molecule has 0 aromatic carbocycles. The van der Waals surface area contributed by atoms with Crippen LogP contribution in [0.15, 0.2) is 28.9 Å². The zero-order valence-electron chi connectivity index (χ0n) is 17.4. The van der Waals surface area contributed by atoms with Crippen LogP contribution in [0.1, 0.15) is 54.3 Å². The van der Waals surface area contributed by atoms with Gasteiger partial charge in [0.15, 0.2) is 0 Å². The van der Waals surface area contributed by atoms with Crippen LogP contribution in [0.4, 0.5) is 0 Å². The first-order valence-corrected chi connectivity index (χ1v) is 10.7. The second kappa shape index (κ2) is 8.46. The number of furan rings is 1. The molecule has 2 aliphatic heterocycles. The van der Waals surface area contributed by atoms with Gasteiger partial charge in [-0.15, -0.1) is 0 Å². The summed E-state index contributed by atoms with van der Waals surface area (Å²) < 4.78 is 7.58. The van der Waals surface area contributed by atoms with Crippen molar-refractivity contribution in [3.05, 3.63) is 41.4 Å². The summed E-state index contributed by atoms with van der Waals surface area (Å²) in [5.41, 5.74) is 0.750. The number of aryl methyl sites for hydroxylation is 1. The van der Waals surface area contributed by atoms with Crippen LogP contribution in [0.5, 0.6) is 0 Å². The average Bonchev–Trinajstić information content (AvgIpc) is 3.37. The quantitative estimate of drug-likeness (QED) is 0.790. The molecule has 29 heavy (non-hydrogen) atoms. The van der Waals surface area contributed by atoms with E-state index in [0.717, 1.165) is 32.0 Å². The van der Waals surface area contributed by atoms with Crippen LogP contribution in [-0.4, -0.2) is 53.0 Å². The third-order valence-corrected chi connectivity index (χ3v) is 6.43. The van der Waals surface area contributed by atoms with Gasteiger partial charge in [-0.1, -0.05) is 6.92 Å². The third-order valence-electron chi connectivity index (χ3n) is 6.43. The van der Waals surface area contributed by atoms with Crippen LogP contribution >= 0.6 is 0 Å². The van der Waals surface area contributed by atoms with Crippen molar-refractivity contribution < 1.29 is 9.21 Å². The van der Waals surface area contributed by atoms with E-state index in [1.54, 1.807) is 11.5 Å². The monoisotopic (exact) mass is 394 g/mol. The smallest absolute Gasteiger partial charge is 0.258 e. The van der Waals surface area contributed by atoms with Gasteiger partial charge in [-0.25, -0.2) is 0 Å². The molecule has 2 fully saturated rings. The minimum atomic E-state index is -0.0711. The van der Waals surface area contributed by atoms with Gasteiger partial charge in [0.2, 0.25) is 5.88 Å². The van der Waals surface area contributed by atoms with E-state index >= 15 is 0 Å². The van der Waals surface area contributed by atoms with Crippen molar-refractivity contribution in [1.29, 1.82) is 5.26 Å². The lowest BCUT2D eigenvalue weighted by Crippen LogP contribution is -2.45. The standard InChI is InChI=1S/C23H30N4O2/c1-17-7-12-25(13-8-17)15-19-6-5-11-27(16-19)22(28)21-18(2)29-23(20(21)14-24)26-9-3-4-10-26/h3-4,9-10,17,19H,5-8,11-13,15-16H2,1-2H3/t19-/m1/s1. The third kappa shape index (κ3) is 4.11. The molecule has 4 heterocycles. The molecule has 6 heteroatoms. The van der Waals surface area contributed by atoms with Gasteiger partial charge in [0.05, 0.1) is 0 Å². The van der Waals surface area contributed by atoms with Crippen LogP contribution in [0, 0.1) is 30.1 Å². The Balaban J connectivity index is 1.49. The molecule has 6 nitrogen and oxygen atoms in total. The van der Waals surface area contributed by atoms with Gasteiger partial charge < -0.3 is 14.2 Å². The first-order chi connectivity index (χ1) is 14.1. The second-order valence-electron chi connectivity index (χ2n) is 8.66. The molecule has 0 N–H and O–H groups in total. The summed E-state index contributed by atoms with van der Waals surface area (Å²) in [6.45, 7) is 9.04. The molecule has 4 rings (SSSR count). The highest BCUT2D eigenvalue weighted by molar-refractivity contribution is 5.98. The van der Waals surface area contributed by atoms with E-state index in [1.165, 1.54) is 32.4 Å². The zero-order chi connectivity index (χ0) is 20.4. The van der Waals surface area contributed by atoms with Crippen molar-refractivity contribution >= 4 is 5.91 Å². The summed E-state index contributed by atoms with van der Waals surface area (Å²) in [5, 5.41) is 9.75. The summed E-state index contributed by atoms with van der Waals surface area (Å²) in [4.78, 5) is 17.8. The highest BCUT2D eigenvalue weighted by Gasteiger charge is 2.32. The summed E-state index contributed by atoms with van der Waals surface area (Å²) in [7, 11) is 0. The molecule has 1 atom stereocenters. The van der Waals surface area contributed by atoms with Crippen LogP contribution in [0.25, 0.3) is 5.88 Å². The number of nitriles is 1. The van der Waals surface area contributed by atoms with Gasteiger partial charge in [0.1, 0.15) is 23.0 Å². The molecule has 1 amide bonds. The Hall–Kier alpha value is -2.52. The lowest BCUT2D eigenvalue weighted by molar-refractivity contribution is 0.0620. The zero-order valence-corrected chi connectivity index (χ0v) is 17.4. The number of rotatable bonds is 4. The number of hydrogen-bond acceptors (Lipinski definition) is 4. The van der Waals surface area contributed by atoms with E-state index in [0.29, 0.717) is 28.7 Å². The molecule has 0 radical (unpaired) electrons. The summed E-state index contributed by atoms with van der Waals surface area (Å²) in [6.07, 6.45) is 8.38. The number of amides is 1. The SMILES string of the molecule is Cc1oc(-n2cccc2)c(C#N)c1C(=O)N1CCC[C@H](CN2CCC(C)CC2)C1. The Kier molecular flexibility index (Phi) is 5.77. The number of nitrogens with zero attached hydrogens (tertiary/aromatic N) is 4. The van der Waals surface area contributed by atoms with E-state index in [1.807, 2.05) is 29.4 Å². The number of piperidine rings is 2. The lowest BCUT2D eigenvalue weighted by Gasteiger charge is -2.37. The molecule has 0 bridgehead atoms. The highest BCUT2D eigenvalue weighted by Crippen LogP contribution is 2.29. The van der Waals surface area contributed by atoms with Crippen LogP contribution in [0.2, 0.25) is 0 Å². The van der Waals surface area contributed by atoms with Crippen molar-refractivity contribution in [2.75, 3.05) is 32.7 Å². The Labute approximate surface area is 172 Å². The van der Waals surface area contributed by atoms with Gasteiger partial charge in [-0.2, -0.15) is 5.26 Å². The fourth-order valence-corrected chi connectivity index (χ4v) is 4.71. The number of carbonyl (C=O) groups excluding carboxylic acids is 1. The predicted octanol–water partition coefficient (Wildman–Crippen LogP) is 3.83. The van der Waals surface area contributed by atoms with Crippen molar-refractivity contribution in [3.63, 3.8) is 0 Å². The first-order valence-electron chi connectivity index (χ1n) is 10.7. The second-order valence-corrected chi connectivity index (χ2v) is 8.66. The van der Waals surface area contributed by atoms with Crippen molar-refractivity contribution in [2.45, 2.75) is 39.5 Å². The van der Waals surface area contributed by atoms with Crippen molar-refractivity contribution in [2.24, 2.45) is 11.8 Å². The maximum absolute atomic E-state index is 13.4. The van der Waals surface area contributed by atoms with Crippen LogP contribution in [0.3, 0.4) is 0 Å². The predicted molar refractivity (Wildman–Crippen MR) is 111 cm³/mol. The van der Waals surface area contributed by atoms with Gasteiger partial charge in [0, 0.05) is 32.0 Å². The molecule has 0 unspecified atom stereocenters. The maximum atomic E-state index is 13.4. The first kappa shape index (κ1) is 19.8. The number of hydrogen-bond donors (Lipinski definition) is 0. The van der Waals surface area contributed by atoms with E-state index in [4.69, 9.17) is 4.42 Å². The van der Waals surface area contributed by atoms with E-state index in [2.05, 4.69) is 17.9 Å². The molecule has 2 aliphatic rings. The molecule has 2 aromatic heterocycles. The molecule has 0 aliphatic carbocycles. The van der Waals surface area contributed by atoms with Crippen molar-refractivity contribution in [3.8, 4) is 12.0 Å². The van der Waals surface area contributed by atoms with E-state index in [9.17, 15) is 10.1 Å². The van der Waals surface area contributed by atoms with E-state index in [-0.39, 0.29) is 5.91 Å². The van der Waals surface area contributed by atoms with Crippen LogP contribution in [-0.2, 0) is 0 Å². The molecule has 2 saturated heterocycles. The minimum absolute atomic E-state index is 0.0711. The normalized spacial score (nSPS) is 21.3. The Morgan fingerprint density at radius 1 is 1.21 bits per heavy atom. The Bertz CT molecular complexity index is 885. The lowest BCUT2D eigenvalue weighted by atomic mass is 9.94. The maximum Gasteiger partial charge on any atom is 0.258 e. The van der Waals surface area contributed by atoms with Gasteiger partial charge in [0.25, 0.3) is 5.91 Å². The van der Waals surface area contributed by atoms with Crippen LogP contribution < -0.4 is 0 Å². The summed E-state index contributed by atoms with van der Waals surface area (Å²) >= 11 is 0. The summed E-state index contributed by atoms with van der Waals surface area (Å²) in [6, 6.07) is 5.95. The topological polar surface area (TPSA) is 65.4 Å². The number of carbonyl (C=O) groups is 1. The van der Waals surface area contributed by atoms with Gasteiger partial charge in [-0.05, 0) is 69.7 Å². The van der Waals surface area contributed by atoms with Gasteiger partial charge in [-0.3, -0.25) is 9.36 Å². The van der Waals surface area contributed by atoms with Crippen molar-refractivity contribution in [1.82, 2.24) is 14.4 Å². The fraction of sp³-hybridized carbons (Fsp3) is 0.565. The fourth-order valence-electron chi connectivity index (χ4n) is 4.71. The molecular weight excluding hydrogens is 364 g/mol. The summed E-state index contributed by atoms with van der Waals surface area (Å²) in [5.74, 6) is 2.20.